The lowest BCUT2D eigenvalue weighted by atomic mass is 9.83. The van der Waals surface area contributed by atoms with Gasteiger partial charge in [-0.05, 0) is 124 Å². The van der Waals surface area contributed by atoms with Gasteiger partial charge in [0.25, 0.3) is 0 Å². The number of pyridine rings is 3. The third-order valence-electron chi connectivity index (χ3n) is 10.4. The first-order chi connectivity index (χ1) is 24.4. The van der Waals surface area contributed by atoms with Gasteiger partial charge in [0.15, 0.2) is 0 Å². The Morgan fingerprint density at radius 1 is 0.920 bits per heavy atom. The van der Waals surface area contributed by atoms with Crippen LogP contribution in [0.3, 0.4) is 0 Å². The van der Waals surface area contributed by atoms with Crippen molar-refractivity contribution in [1.82, 2.24) is 14.4 Å². The zero-order valence-corrected chi connectivity index (χ0v) is 30.4. The average molecular weight is 763 g/mol. The molecule has 0 saturated heterocycles. The Morgan fingerprint density at radius 2 is 1.76 bits per heavy atom. The number of hydrogen-bond acceptors (Lipinski definition) is 3. The van der Waals surface area contributed by atoms with E-state index in [9.17, 15) is 0 Å². The molecule has 2 unspecified atom stereocenters. The molecule has 0 radical (unpaired) electrons. The summed E-state index contributed by atoms with van der Waals surface area (Å²) >= 11 is 2.62. The largest absolute Gasteiger partial charge is 0.323 e. The number of aromatic nitrogens is 3. The summed E-state index contributed by atoms with van der Waals surface area (Å²) in [7, 11) is 0. The van der Waals surface area contributed by atoms with E-state index in [0.717, 1.165) is 47.3 Å². The first-order valence-electron chi connectivity index (χ1n) is 17.3. The van der Waals surface area contributed by atoms with Crippen molar-refractivity contribution >= 4 is 62.3 Å². The first-order valence-corrected chi connectivity index (χ1v) is 18.3. The smallest absolute Gasteiger partial charge is 0.0719 e. The minimum atomic E-state index is -0.167. The fraction of sp³-hybridized carbons (Fsp3) is 0.156. The number of benzene rings is 2. The van der Waals surface area contributed by atoms with Gasteiger partial charge in [-0.3, -0.25) is 9.97 Å². The summed E-state index contributed by atoms with van der Waals surface area (Å²) in [5.41, 5.74) is 9.16. The molecule has 0 spiro atoms. The van der Waals surface area contributed by atoms with Crippen LogP contribution in [-0.2, 0) is 3.42 Å². The van der Waals surface area contributed by atoms with Crippen molar-refractivity contribution in [2.45, 2.75) is 35.5 Å². The van der Waals surface area contributed by atoms with Crippen molar-refractivity contribution in [3.63, 3.8) is 0 Å². The number of anilines is 1. The Hall–Kier alpha value is -5.01. The van der Waals surface area contributed by atoms with Crippen LogP contribution < -0.4 is 15.3 Å². The van der Waals surface area contributed by atoms with Crippen molar-refractivity contribution in [2.75, 3.05) is 4.90 Å². The van der Waals surface area contributed by atoms with E-state index in [0.29, 0.717) is 11.8 Å². The van der Waals surface area contributed by atoms with E-state index < -0.39 is 0 Å². The average Bonchev–Trinajstić information content (AvgIpc) is 3.60. The second-order valence-corrected chi connectivity index (χ2v) is 15.3. The molecule has 0 saturated carbocycles. The van der Waals surface area contributed by atoms with Crippen LogP contribution in [0, 0.1) is 5.92 Å². The Bertz CT molecular complexity index is 2420. The van der Waals surface area contributed by atoms with E-state index in [2.05, 4.69) is 178 Å². The van der Waals surface area contributed by atoms with Crippen LogP contribution in [0.25, 0.3) is 34.0 Å². The molecule has 50 heavy (non-hydrogen) atoms. The minimum Gasteiger partial charge on any atom is -0.323 e. The van der Waals surface area contributed by atoms with Crippen molar-refractivity contribution in [2.24, 2.45) is 5.92 Å². The number of halogens is 1. The summed E-state index contributed by atoms with van der Waals surface area (Å²) in [5, 5.41) is 4.87. The molecule has 2 aliphatic carbocycles. The molecule has 0 aliphatic heterocycles. The maximum atomic E-state index is 4.61. The third kappa shape index (κ3) is 6.15. The molecular weight excluding hydrogens is 723 g/mol. The zero-order chi connectivity index (χ0) is 34.2. The van der Waals surface area contributed by atoms with E-state index in [1.165, 1.54) is 38.0 Å². The Balaban J connectivity index is 1.10. The van der Waals surface area contributed by atoms with Gasteiger partial charge >= 0.3 is 0 Å². The Morgan fingerprint density at radius 3 is 2.58 bits per heavy atom. The number of hydrogen-bond donors (Lipinski definition) is 0. The molecule has 6 aromatic rings. The molecule has 5 heteroatoms. The molecule has 0 bridgehead atoms. The summed E-state index contributed by atoms with van der Waals surface area (Å²) < 4.78 is 1.96. The summed E-state index contributed by atoms with van der Waals surface area (Å²) in [6, 6.07) is 28.5. The van der Waals surface area contributed by atoms with Gasteiger partial charge in [0, 0.05) is 65.2 Å². The summed E-state index contributed by atoms with van der Waals surface area (Å²) in [4.78, 5) is 11.1. The summed E-state index contributed by atoms with van der Waals surface area (Å²) in [6.45, 7) is 11.3. The topological polar surface area (TPSA) is 33.4 Å². The molecular formula is C45H39IN4. The van der Waals surface area contributed by atoms with E-state index in [-0.39, 0.29) is 3.42 Å². The summed E-state index contributed by atoms with van der Waals surface area (Å²) in [5.74, 6) is 0.801. The monoisotopic (exact) mass is 762 g/mol. The molecule has 2 aromatic carbocycles. The van der Waals surface area contributed by atoms with Gasteiger partial charge in [-0.15, -0.1) is 0 Å². The van der Waals surface area contributed by atoms with Crippen LogP contribution >= 0.6 is 22.6 Å². The second kappa shape index (κ2) is 13.4. The van der Waals surface area contributed by atoms with Crippen molar-refractivity contribution < 1.29 is 0 Å². The summed E-state index contributed by atoms with van der Waals surface area (Å²) in [6.07, 6.45) is 26.2. The lowest BCUT2D eigenvalue weighted by molar-refractivity contribution is 0.592. The van der Waals surface area contributed by atoms with Crippen molar-refractivity contribution in [1.29, 1.82) is 0 Å². The highest BCUT2D eigenvalue weighted by Gasteiger charge is 2.34. The third-order valence-corrected chi connectivity index (χ3v) is 12.3. The zero-order valence-electron chi connectivity index (χ0n) is 28.2. The number of nitrogens with zero attached hydrogens (tertiary/aromatic N) is 4. The van der Waals surface area contributed by atoms with Gasteiger partial charge < -0.3 is 9.30 Å². The number of rotatable bonds is 8. The first kappa shape index (κ1) is 32.2. The van der Waals surface area contributed by atoms with Gasteiger partial charge in [-0.2, -0.15) is 0 Å². The van der Waals surface area contributed by atoms with Crippen LogP contribution in [0.5, 0.6) is 0 Å². The van der Waals surface area contributed by atoms with Gasteiger partial charge in [0.2, 0.25) is 0 Å². The minimum absolute atomic E-state index is 0.167. The number of fused-ring (bicyclic) bond motifs is 3. The quantitative estimate of drug-likeness (QED) is 0.0880. The lowest BCUT2D eigenvalue weighted by Crippen LogP contribution is -2.38. The predicted molar refractivity (Wildman–Crippen MR) is 217 cm³/mol. The fourth-order valence-electron chi connectivity index (χ4n) is 7.45. The molecule has 3 atom stereocenters. The van der Waals surface area contributed by atoms with Crippen molar-refractivity contribution in [3.8, 4) is 0 Å². The Labute approximate surface area is 307 Å². The highest BCUT2D eigenvalue weighted by Crippen LogP contribution is 2.44. The molecule has 8 rings (SSSR count). The molecule has 4 aromatic heterocycles. The number of allylic oxidation sites excluding steroid dienone is 5. The van der Waals surface area contributed by atoms with E-state index in [4.69, 9.17) is 0 Å². The van der Waals surface area contributed by atoms with Crippen LogP contribution in [0.1, 0.15) is 48.8 Å². The van der Waals surface area contributed by atoms with Crippen LogP contribution in [-0.4, -0.2) is 14.4 Å². The maximum absolute atomic E-state index is 4.61. The van der Waals surface area contributed by atoms with Gasteiger partial charge in [-0.1, -0.05) is 97.3 Å². The standard InChI is InChI=1S/C45H39IN4/c1-31(39-26-44-6-4-5-23-49(44)30-39)7-8-33(3)50(42-15-11-34(12-16-42)36-10-9-35-19-21-47-28-38(35)25-36)43-17-13-41(14-18-43)45(46)27-40-29-48-22-20-37(40)24-32(45)2/h4-10,13-15,17-30,32,34H,1,3,11-12,16H2,2H3/b8-7-/t32-,34?,45?/m0/s1. The highest BCUT2D eigenvalue weighted by molar-refractivity contribution is 14.1. The van der Waals surface area contributed by atoms with E-state index >= 15 is 0 Å². The second-order valence-electron chi connectivity index (χ2n) is 13.5. The lowest BCUT2D eigenvalue weighted by Gasteiger charge is -2.34. The highest BCUT2D eigenvalue weighted by atomic mass is 127. The maximum Gasteiger partial charge on any atom is 0.0719 e. The van der Waals surface area contributed by atoms with Crippen LogP contribution in [0.2, 0.25) is 0 Å². The van der Waals surface area contributed by atoms with E-state index in [1.54, 1.807) is 0 Å². The molecule has 4 heterocycles. The molecule has 0 N–H and O–H groups in total. The SMILES string of the molecule is C=C(/C=C\C(=C)N(C1=CCC(c2ccc3ccncc3c2)CC1)c1ccc(C2(I)C=c3cnccc3=C[C@@H]2C)cc1)c1cc2ccccn2c1. The molecule has 0 fully saturated rings. The molecule has 246 valence electrons. The number of alkyl halides is 1. The van der Waals surface area contributed by atoms with Crippen molar-refractivity contribution in [3.05, 3.63) is 186 Å². The molecule has 2 aliphatic rings. The van der Waals surface area contributed by atoms with Gasteiger partial charge in [-0.25, -0.2) is 0 Å². The normalized spacial score (nSPS) is 20.2. The fourth-order valence-corrected chi connectivity index (χ4v) is 8.32. The van der Waals surface area contributed by atoms with Crippen LogP contribution in [0.4, 0.5) is 5.69 Å². The van der Waals surface area contributed by atoms with Gasteiger partial charge in [0.05, 0.1) is 3.42 Å². The van der Waals surface area contributed by atoms with Crippen LogP contribution in [0.15, 0.2) is 159 Å². The Kier molecular flexibility index (Phi) is 8.61. The molecule has 4 nitrogen and oxygen atoms in total. The van der Waals surface area contributed by atoms with Gasteiger partial charge in [0.1, 0.15) is 0 Å². The van der Waals surface area contributed by atoms with E-state index in [1.807, 2.05) is 30.9 Å². The predicted octanol–water partition coefficient (Wildman–Crippen LogP) is 9.86. The molecule has 0 amide bonds.